The summed E-state index contributed by atoms with van der Waals surface area (Å²) in [6.45, 7) is 10.7. The van der Waals surface area contributed by atoms with Crippen LogP contribution in [0.5, 0.6) is 0 Å². The zero-order valence-electron chi connectivity index (χ0n) is 17.6. The van der Waals surface area contributed by atoms with Gasteiger partial charge in [-0.3, -0.25) is 9.69 Å². The number of hydrogen-bond donors (Lipinski definition) is 1. The molecule has 1 N–H and O–H groups in total. The third kappa shape index (κ3) is 4.55. The highest BCUT2D eigenvalue weighted by Gasteiger charge is 2.34. The van der Waals surface area contributed by atoms with Gasteiger partial charge in [0.15, 0.2) is 0 Å². The molecule has 2 aromatic rings. The van der Waals surface area contributed by atoms with Crippen molar-refractivity contribution in [3.8, 4) is 0 Å². The van der Waals surface area contributed by atoms with Gasteiger partial charge < -0.3 is 10.2 Å². The molecule has 0 bridgehead atoms. The van der Waals surface area contributed by atoms with Crippen molar-refractivity contribution in [2.45, 2.75) is 38.1 Å². The number of halogens is 1. The van der Waals surface area contributed by atoms with E-state index >= 15 is 0 Å². The van der Waals surface area contributed by atoms with E-state index in [9.17, 15) is 4.79 Å². The molecule has 1 amide bonds. The Labute approximate surface area is 184 Å². The average Bonchev–Trinajstić information content (AvgIpc) is 3.12. The molecular formula is C25H30ClN3O. The van der Waals surface area contributed by atoms with Crippen molar-refractivity contribution >= 4 is 28.9 Å². The number of fused-ring (bicyclic) bond motifs is 1. The van der Waals surface area contributed by atoms with Crippen LogP contribution in [0.1, 0.15) is 36.8 Å². The molecule has 2 aliphatic rings. The van der Waals surface area contributed by atoms with Gasteiger partial charge in [0.1, 0.15) is 0 Å². The highest BCUT2D eigenvalue weighted by molar-refractivity contribution is 6.30. The Balaban J connectivity index is 1.36. The van der Waals surface area contributed by atoms with E-state index in [0.29, 0.717) is 17.5 Å². The number of carbonyl (C=O) groups is 1. The average molecular weight is 424 g/mol. The van der Waals surface area contributed by atoms with E-state index < -0.39 is 0 Å². The minimum absolute atomic E-state index is 0.00106. The van der Waals surface area contributed by atoms with E-state index in [-0.39, 0.29) is 11.8 Å². The molecule has 5 heteroatoms. The van der Waals surface area contributed by atoms with Gasteiger partial charge in [-0.15, -0.1) is 6.58 Å². The maximum Gasteiger partial charge on any atom is 0.225 e. The van der Waals surface area contributed by atoms with Gasteiger partial charge in [-0.2, -0.15) is 0 Å². The molecule has 0 radical (unpaired) electrons. The predicted molar refractivity (Wildman–Crippen MR) is 126 cm³/mol. The monoisotopic (exact) mass is 423 g/mol. The number of amides is 1. The van der Waals surface area contributed by atoms with Crippen molar-refractivity contribution in [1.82, 2.24) is 4.90 Å². The Morgan fingerprint density at radius 2 is 2.03 bits per heavy atom. The molecule has 0 saturated carbocycles. The Bertz CT molecular complexity index is 905. The van der Waals surface area contributed by atoms with Gasteiger partial charge in [-0.05, 0) is 60.8 Å². The van der Waals surface area contributed by atoms with Crippen LogP contribution in [0.3, 0.4) is 0 Å². The lowest BCUT2D eigenvalue weighted by molar-refractivity contribution is -0.116. The fourth-order valence-electron chi connectivity index (χ4n) is 4.58. The van der Waals surface area contributed by atoms with E-state index in [2.05, 4.69) is 40.8 Å². The number of nitrogens with one attached hydrogen (secondary N) is 1. The van der Waals surface area contributed by atoms with Gasteiger partial charge in [0.05, 0.1) is 6.04 Å². The third-order valence-electron chi connectivity index (χ3n) is 6.20. The summed E-state index contributed by atoms with van der Waals surface area (Å²) in [6.07, 6.45) is 4.45. The van der Waals surface area contributed by atoms with E-state index in [1.807, 2.05) is 36.4 Å². The van der Waals surface area contributed by atoms with Gasteiger partial charge in [0, 0.05) is 48.4 Å². The zero-order chi connectivity index (χ0) is 21.1. The van der Waals surface area contributed by atoms with Crippen molar-refractivity contribution in [1.29, 1.82) is 0 Å². The Morgan fingerprint density at radius 3 is 2.73 bits per heavy atom. The standard InChI is InChI=1S/C25H30ClN3O/c1-3-12-28-16-23(17-28)29-13-11-20-14-22(9-10-24(20)29)27-25(30)15-18(4-2)19-5-7-21(26)8-6-19/h4-10,14,18,23H,2-3,11-13,15-17H2,1H3,(H,27,30). The molecule has 1 atom stereocenters. The van der Waals surface area contributed by atoms with Crippen LogP contribution in [-0.2, 0) is 11.2 Å². The first-order valence-electron chi connectivity index (χ1n) is 10.9. The van der Waals surface area contributed by atoms with Gasteiger partial charge in [0.2, 0.25) is 5.91 Å². The second kappa shape index (κ2) is 9.23. The number of carbonyl (C=O) groups excluding carboxylic acids is 1. The Kier molecular flexibility index (Phi) is 6.45. The molecule has 30 heavy (non-hydrogen) atoms. The van der Waals surface area contributed by atoms with E-state index in [0.717, 1.165) is 24.2 Å². The first-order valence-corrected chi connectivity index (χ1v) is 11.2. The highest BCUT2D eigenvalue weighted by Crippen LogP contribution is 2.34. The molecule has 158 valence electrons. The molecule has 1 unspecified atom stereocenters. The van der Waals surface area contributed by atoms with Crippen molar-refractivity contribution in [3.63, 3.8) is 0 Å². The second-order valence-electron chi connectivity index (χ2n) is 8.35. The first kappa shape index (κ1) is 21.0. The summed E-state index contributed by atoms with van der Waals surface area (Å²) in [7, 11) is 0. The number of hydrogen-bond acceptors (Lipinski definition) is 3. The highest BCUT2D eigenvalue weighted by atomic mass is 35.5. The topological polar surface area (TPSA) is 35.6 Å². The van der Waals surface area contributed by atoms with Gasteiger partial charge in [-0.1, -0.05) is 36.7 Å². The number of benzene rings is 2. The zero-order valence-corrected chi connectivity index (χ0v) is 18.4. The Morgan fingerprint density at radius 1 is 1.27 bits per heavy atom. The Hall–Kier alpha value is -2.30. The van der Waals surface area contributed by atoms with Gasteiger partial charge >= 0.3 is 0 Å². The molecule has 1 saturated heterocycles. The van der Waals surface area contributed by atoms with Crippen LogP contribution in [-0.4, -0.2) is 43.0 Å². The minimum Gasteiger partial charge on any atom is -0.365 e. The molecule has 0 aliphatic carbocycles. The molecule has 2 aromatic carbocycles. The smallest absolute Gasteiger partial charge is 0.225 e. The van der Waals surface area contributed by atoms with Crippen LogP contribution < -0.4 is 10.2 Å². The lowest BCUT2D eigenvalue weighted by atomic mass is 9.95. The summed E-state index contributed by atoms with van der Waals surface area (Å²) in [6, 6.07) is 14.6. The molecule has 0 spiro atoms. The van der Waals surface area contributed by atoms with Crippen molar-refractivity contribution in [3.05, 3.63) is 71.3 Å². The maximum absolute atomic E-state index is 12.6. The quantitative estimate of drug-likeness (QED) is 0.600. The molecule has 4 rings (SSSR count). The number of nitrogens with zero attached hydrogens (tertiary/aromatic N) is 2. The fourth-order valence-corrected chi connectivity index (χ4v) is 4.71. The normalized spacial score (nSPS) is 17.3. The number of allylic oxidation sites excluding steroid dienone is 1. The first-order chi connectivity index (χ1) is 14.6. The molecule has 0 aromatic heterocycles. The van der Waals surface area contributed by atoms with Crippen LogP contribution in [0.2, 0.25) is 5.02 Å². The predicted octanol–water partition coefficient (Wildman–Crippen LogP) is 5.10. The molecule has 2 heterocycles. The van der Waals surface area contributed by atoms with E-state index in [1.165, 1.54) is 37.3 Å². The maximum atomic E-state index is 12.6. The summed E-state index contributed by atoms with van der Waals surface area (Å²) in [4.78, 5) is 17.7. The largest absolute Gasteiger partial charge is 0.365 e. The van der Waals surface area contributed by atoms with Crippen molar-refractivity contribution in [2.75, 3.05) is 36.4 Å². The van der Waals surface area contributed by atoms with Crippen molar-refractivity contribution in [2.24, 2.45) is 0 Å². The second-order valence-corrected chi connectivity index (χ2v) is 8.78. The molecular weight excluding hydrogens is 394 g/mol. The number of anilines is 2. The summed E-state index contributed by atoms with van der Waals surface area (Å²) >= 11 is 5.97. The summed E-state index contributed by atoms with van der Waals surface area (Å²) in [5, 5.41) is 3.77. The summed E-state index contributed by atoms with van der Waals surface area (Å²) in [5.74, 6) is -0.0317. The van der Waals surface area contributed by atoms with Crippen LogP contribution in [0.25, 0.3) is 0 Å². The lowest BCUT2D eigenvalue weighted by Crippen LogP contribution is -2.59. The van der Waals surface area contributed by atoms with Crippen LogP contribution >= 0.6 is 11.6 Å². The number of rotatable bonds is 8. The van der Waals surface area contributed by atoms with Crippen LogP contribution in [0.15, 0.2) is 55.1 Å². The van der Waals surface area contributed by atoms with Crippen molar-refractivity contribution < 1.29 is 4.79 Å². The summed E-state index contributed by atoms with van der Waals surface area (Å²) < 4.78 is 0. The lowest BCUT2D eigenvalue weighted by Gasteiger charge is -2.45. The van der Waals surface area contributed by atoms with Crippen LogP contribution in [0, 0.1) is 0 Å². The van der Waals surface area contributed by atoms with E-state index in [4.69, 9.17) is 11.6 Å². The van der Waals surface area contributed by atoms with Gasteiger partial charge in [-0.25, -0.2) is 0 Å². The molecule has 2 aliphatic heterocycles. The number of likely N-dealkylation sites (tertiary alicyclic amines) is 1. The SMILES string of the molecule is C=CC(CC(=O)Nc1ccc2c(c1)CCN2C1CN(CCC)C1)c1ccc(Cl)cc1. The molecule has 1 fully saturated rings. The minimum atomic E-state index is -0.0307. The fraction of sp³-hybridized carbons (Fsp3) is 0.400. The third-order valence-corrected chi connectivity index (χ3v) is 6.45. The van der Waals surface area contributed by atoms with E-state index in [1.54, 1.807) is 0 Å². The van der Waals surface area contributed by atoms with Gasteiger partial charge in [0.25, 0.3) is 0 Å². The van der Waals surface area contributed by atoms with Crippen LogP contribution in [0.4, 0.5) is 11.4 Å². The molecule has 4 nitrogen and oxygen atoms in total. The summed E-state index contributed by atoms with van der Waals surface area (Å²) in [5.41, 5.74) is 4.59.